The van der Waals surface area contributed by atoms with Crippen LogP contribution in [0.25, 0.3) is 22.2 Å². The lowest BCUT2D eigenvalue weighted by atomic mass is 9.92. The Hall–Kier alpha value is -2.33. The lowest BCUT2D eigenvalue weighted by Crippen LogP contribution is -2.09. The maximum atomic E-state index is 11.9. The average Bonchev–Trinajstić information content (AvgIpc) is 2.83. The van der Waals surface area contributed by atoms with E-state index >= 15 is 0 Å². The summed E-state index contributed by atoms with van der Waals surface area (Å²) < 4.78 is 4.87. The average molecular weight is 343 g/mol. The second kappa shape index (κ2) is 6.29. The lowest BCUT2D eigenvalue weighted by Gasteiger charge is -2.14. The molecule has 0 saturated heterocycles. The molecule has 0 saturated carbocycles. The fourth-order valence-electron chi connectivity index (χ4n) is 3.02. The number of hydrogen-bond acceptors (Lipinski definition) is 3. The van der Waals surface area contributed by atoms with E-state index in [2.05, 4.69) is 16.9 Å². The van der Waals surface area contributed by atoms with E-state index in [1.54, 1.807) is 0 Å². The number of aryl methyl sites for hydroxylation is 3. The molecule has 0 bridgehead atoms. The molecule has 0 aliphatic carbocycles. The highest BCUT2D eigenvalue weighted by atomic mass is 35.5. The van der Waals surface area contributed by atoms with Crippen LogP contribution in [0.5, 0.6) is 0 Å². The molecule has 2 aromatic heterocycles. The van der Waals surface area contributed by atoms with Gasteiger partial charge in [-0.15, -0.1) is 0 Å². The molecule has 0 unspecified atom stereocenters. The molecular weight excluding hydrogens is 324 g/mol. The van der Waals surface area contributed by atoms with Crippen LogP contribution < -0.4 is 0 Å². The molecule has 24 heavy (non-hydrogen) atoms. The number of pyridine rings is 1. The molecule has 0 spiro atoms. The minimum absolute atomic E-state index is 0.187. The van der Waals surface area contributed by atoms with E-state index in [1.807, 2.05) is 38.1 Å². The summed E-state index contributed by atoms with van der Waals surface area (Å²) in [6.45, 7) is 6.01. The summed E-state index contributed by atoms with van der Waals surface area (Å²) in [5.41, 5.74) is 6.77. The van der Waals surface area contributed by atoms with E-state index in [1.165, 1.54) is 7.11 Å². The highest BCUT2D eigenvalue weighted by Gasteiger charge is 2.20. The van der Waals surface area contributed by atoms with Gasteiger partial charge in [0.1, 0.15) is 5.65 Å². The smallest absolute Gasteiger partial charge is 0.310 e. The quantitative estimate of drug-likeness (QED) is 0.712. The van der Waals surface area contributed by atoms with E-state index in [0.717, 1.165) is 44.7 Å². The van der Waals surface area contributed by atoms with Gasteiger partial charge < -0.3 is 9.72 Å². The van der Waals surface area contributed by atoms with Crippen LogP contribution >= 0.6 is 11.6 Å². The van der Waals surface area contributed by atoms with Crippen LogP contribution in [0.1, 0.15) is 22.5 Å². The number of aromatic amines is 1. The van der Waals surface area contributed by atoms with Gasteiger partial charge in [-0.2, -0.15) is 0 Å². The minimum Gasteiger partial charge on any atom is -0.469 e. The van der Waals surface area contributed by atoms with Crippen LogP contribution in [0.15, 0.2) is 24.3 Å². The van der Waals surface area contributed by atoms with Crippen LogP contribution in [-0.2, 0) is 16.0 Å². The summed E-state index contributed by atoms with van der Waals surface area (Å²) in [7, 11) is 1.40. The molecule has 4 nitrogen and oxygen atoms in total. The Kier molecular flexibility index (Phi) is 4.33. The Bertz CT molecular complexity index is 927. The summed E-state index contributed by atoms with van der Waals surface area (Å²) in [6.07, 6.45) is 0.187. The Labute approximate surface area is 145 Å². The first-order valence-electron chi connectivity index (χ1n) is 7.73. The van der Waals surface area contributed by atoms with E-state index in [4.69, 9.17) is 16.3 Å². The number of methoxy groups -OCH3 is 1. The highest BCUT2D eigenvalue weighted by Crippen LogP contribution is 2.36. The summed E-state index contributed by atoms with van der Waals surface area (Å²) in [4.78, 5) is 19.9. The standard InChI is InChI=1S/C19H19ClN2O2/c1-10-11(2)21-19-17(10)18(13-5-7-14(20)8-6-13)15(12(3)22-19)9-16(23)24-4/h5-8H,9H2,1-4H3,(H,21,22). The van der Waals surface area contributed by atoms with Gasteiger partial charge in [0, 0.05) is 21.8 Å². The van der Waals surface area contributed by atoms with Gasteiger partial charge in [-0.25, -0.2) is 4.98 Å². The highest BCUT2D eigenvalue weighted by molar-refractivity contribution is 6.30. The molecule has 0 fully saturated rings. The van der Waals surface area contributed by atoms with Crippen LogP contribution in [0.4, 0.5) is 0 Å². The number of ether oxygens (including phenoxy) is 1. The molecule has 124 valence electrons. The van der Waals surface area contributed by atoms with Crippen molar-refractivity contribution in [1.82, 2.24) is 9.97 Å². The fourth-order valence-corrected chi connectivity index (χ4v) is 3.15. The maximum absolute atomic E-state index is 11.9. The van der Waals surface area contributed by atoms with Crippen molar-refractivity contribution in [3.05, 3.63) is 51.8 Å². The topological polar surface area (TPSA) is 55.0 Å². The molecule has 2 heterocycles. The van der Waals surface area contributed by atoms with E-state index in [-0.39, 0.29) is 12.4 Å². The number of esters is 1. The second-order valence-electron chi connectivity index (χ2n) is 5.91. The van der Waals surface area contributed by atoms with E-state index in [0.29, 0.717) is 5.02 Å². The van der Waals surface area contributed by atoms with Crippen LogP contribution in [0, 0.1) is 20.8 Å². The number of fused-ring (bicyclic) bond motifs is 1. The van der Waals surface area contributed by atoms with Gasteiger partial charge in [0.2, 0.25) is 0 Å². The van der Waals surface area contributed by atoms with Gasteiger partial charge in [-0.3, -0.25) is 4.79 Å². The Morgan fingerprint density at radius 3 is 2.50 bits per heavy atom. The predicted molar refractivity (Wildman–Crippen MR) is 96.5 cm³/mol. The molecule has 0 amide bonds. The van der Waals surface area contributed by atoms with Gasteiger partial charge in [-0.05, 0) is 55.2 Å². The number of halogens is 1. The molecule has 5 heteroatoms. The number of benzene rings is 1. The summed E-state index contributed by atoms with van der Waals surface area (Å²) >= 11 is 6.04. The number of aromatic nitrogens is 2. The van der Waals surface area contributed by atoms with Gasteiger partial charge in [0.25, 0.3) is 0 Å². The monoisotopic (exact) mass is 342 g/mol. The lowest BCUT2D eigenvalue weighted by molar-refractivity contribution is -0.139. The minimum atomic E-state index is -0.278. The third-order valence-corrected chi connectivity index (χ3v) is 4.68. The molecule has 0 aliphatic heterocycles. The maximum Gasteiger partial charge on any atom is 0.310 e. The zero-order valence-corrected chi connectivity index (χ0v) is 14.9. The predicted octanol–water partition coefficient (Wildman–Crippen LogP) is 4.52. The largest absolute Gasteiger partial charge is 0.469 e. The number of hydrogen-bond donors (Lipinski definition) is 1. The van der Waals surface area contributed by atoms with Crippen molar-refractivity contribution in [3.8, 4) is 11.1 Å². The SMILES string of the molecule is COC(=O)Cc1c(C)nc2[nH]c(C)c(C)c2c1-c1ccc(Cl)cc1. The number of nitrogens with one attached hydrogen (secondary N) is 1. The summed E-state index contributed by atoms with van der Waals surface area (Å²) in [5, 5.41) is 1.72. The summed E-state index contributed by atoms with van der Waals surface area (Å²) in [6, 6.07) is 7.66. The second-order valence-corrected chi connectivity index (χ2v) is 6.35. The van der Waals surface area contributed by atoms with E-state index in [9.17, 15) is 4.79 Å². The molecule has 1 aromatic carbocycles. The van der Waals surface area contributed by atoms with Crippen molar-refractivity contribution in [1.29, 1.82) is 0 Å². The molecule has 0 atom stereocenters. The molecule has 0 radical (unpaired) electrons. The molecule has 3 aromatic rings. The van der Waals surface area contributed by atoms with E-state index < -0.39 is 0 Å². The van der Waals surface area contributed by atoms with Gasteiger partial charge in [0.05, 0.1) is 13.5 Å². The third kappa shape index (κ3) is 2.78. The molecular formula is C19H19ClN2O2. The van der Waals surface area contributed by atoms with Gasteiger partial charge >= 0.3 is 5.97 Å². The van der Waals surface area contributed by atoms with Crippen molar-refractivity contribution in [2.24, 2.45) is 0 Å². The Morgan fingerprint density at radius 2 is 1.88 bits per heavy atom. The molecule has 1 N–H and O–H groups in total. The van der Waals surface area contributed by atoms with Crippen molar-refractivity contribution < 1.29 is 9.53 Å². The van der Waals surface area contributed by atoms with Crippen LogP contribution in [0.3, 0.4) is 0 Å². The Morgan fingerprint density at radius 1 is 1.21 bits per heavy atom. The number of H-pyrrole nitrogens is 1. The first kappa shape index (κ1) is 16.5. The summed E-state index contributed by atoms with van der Waals surface area (Å²) in [5.74, 6) is -0.278. The molecule has 0 aliphatic rings. The zero-order valence-electron chi connectivity index (χ0n) is 14.2. The zero-order chi connectivity index (χ0) is 17.4. The van der Waals surface area contributed by atoms with Crippen LogP contribution in [-0.4, -0.2) is 23.0 Å². The Balaban J connectivity index is 2.37. The number of carbonyl (C=O) groups is 1. The number of nitrogens with zero attached hydrogens (tertiary/aromatic N) is 1. The van der Waals surface area contributed by atoms with Crippen molar-refractivity contribution in [3.63, 3.8) is 0 Å². The number of rotatable bonds is 3. The first-order valence-corrected chi connectivity index (χ1v) is 8.11. The van der Waals surface area contributed by atoms with Crippen molar-refractivity contribution in [2.75, 3.05) is 7.11 Å². The van der Waals surface area contributed by atoms with Crippen molar-refractivity contribution >= 4 is 28.6 Å². The van der Waals surface area contributed by atoms with Gasteiger partial charge in [-0.1, -0.05) is 23.7 Å². The third-order valence-electron chi connectivity index (χ3n) is 4.43. The molecule has 3 rings (SSSR count). The fraction of sp³-hybridized carbons (Fsp3) is 0.263. The van der Waals surface area contributed by atoms with Gasteiger partial charge in [0.15, 0.2) is 0 Å². The van der Waals surface area contributed by atoms with Crippen molar-refractivity contribution in [2.45, 2.75) is 27.2 Å². The van der Waals surface area contributed by atoms with Crippen LogP contribution in [0.2, 0.25) is 5.02 Å². The number of carbonyl (C=O) groups excluding carboxylic acids is 1. The normalized spacial score (nSPS) is 11.0. The first-order chi connectivity index (χ1) is 11.4.